The zero-order valence-electron chi connectivity index (χ0n) is 5.98. The molecule has 0 aliphatic carbocycles. The first-order valence-electron chi connectivity index (χ1n) is 3.05. The van der Waals surface area contributed by atoms with E-state index in [4.69, 9.17) is 4.89 Å². The van der Waals surface area contributed by atoms with Crippen molar-refractivity contribution in [1.82, 2.24) is 0 Å². The molecular formula is C5H9O5P. The number of hydrogen-bond donors (Lipinski definition) is 2. The van der Waals surface area contributed by atoms with E-state index in [-0.39, 0.29) is 6.61 Å². The van der Waals surface area contributed by atoms with E-state index in [0.717, 1.165) is 6.92 Å². The van der Waals surface area contributed by atoms with Gasteiger partial charge in [0.15, 0.2) is 11.4 Å². The zero-order chi connectivity index (χ0) is 8.70. The standard InChI is InChI=1S/C5H9O5P/c1-4(6)5(7)2-10-11(8,9)3-5/h7H,2-3H2,1H3,(H,8,9)/t5-/m1/s1. The summed E-state index contributed by atoms with van der Waals surface area (Å²) < 4.78 is 15.1. The van der Waals surface area contributed by atoms with Crippen LogP contribution in [0.15, 0.2) is 0 Å². The van der Waals surface area contributed by atoms with Crippen molar-refractivity contribution < 1.29 is 23.9 Å². The minimum Gasteiger partial charge on any atom is -0.379 e. The maximum Gasteiger partial charge on any atom is 0.331 e. The first-order valence-corrected chi connectivity index (χ1v) is 4.82. The Morgan fingerprint density at radius 3 is 2.45 bits per heavy atom. The van der Waals surface area contributed by atoms with Gasteiger partial charge in [-0.3, -0.25) is 9.36 Å². The van der Waals surface area contributed by atoms with Crippen LogP contribution in [0.1, 0.15) is 6.92 Å². The van der Waals surface area contributed by atoms with E-state index >= 15 is 0 Å². The second-order valence-electron chi connectivity index (χ2n) is 2.66. The predicted molar refractivity (Wildman–Crippen MR) is 36.3 cm³/mol. The first kappa shape index (κ1) is 8.87. The number of carbonyl (C=O) groups excluding carboxylic acids is 1. The molecule has 0 spiro atoms. The van der Waals surface area contributed by atoms with Crippen LogP contribution < -0.4 is 0 Å². The average molecular weight is 180 g/mol. The lowest BCUT2D eigenvalue weighted by Crippen LogP contribution is -2.40. The molecule has 6 heteroatoms. The van der Waals surface area contributed by atoms with Crippen molar-refractivity contribution in [2.75, 3.05) is 12.8 Å². The van der Waals surface area contributed by atoms with Gasteiger partial charge in [-0.1, -0.05) is 0 Å². The van der Waals surface area contributed by atoms with Gasteiger partial charge in [0.25, 0.3) is 0 Å². The van der Waals surface area contributed by atoms with Crippen molar-refractivity contribution in [3.63, 3.8) is 0 Å². The summed E-state index contributed by atoms with van der Waals surface area (Å²) in [6.07, 6.45) is -0.491. The fraction of sp³-hybridized carbons (Fsp3) is 0.800. The molecule has 0 radical (unpaired) electrons. The molecule has 0 aromatic rings. The fourth-order valence-electron chi connectivity index (χ4n) is 0.842. The van der Waals surface area contributed by atoms with Crippen molar-refractivity contribution in [3.8, 4) is 0 Å². The lowest BCUT2D eigenvalue weighted by molar-refractivity contribution is -0.133. The van der Waals surface area contributed by atoms with Crippen molar-refractivity contribution in [2.24, 2.45) is 0 Å². The van der Waals surface area contributed by atoms with Crippen molar-refractivity contribution in [1.29, 1.82) is 0 Å². The second-order valence-corrected chi connectivity index (χ2v) is 4.51. The molecule has 0 aromatic carbocycles. The summed E-state index contributed by atoms with van der Waals surface area (Å²) >= 11 is 0. The maximum absolute atomic E-state index is 10.8. The van der Waals surface area contributed by atoms with E-state index in [0.29, 0.717) is 0 Å². The van der Waals surface area contributed by atoms with Crippen LogP contribution in [0.3, 0.4) is 0 Å². The second kappa shape index (κ2) is 2.38. The maximum atomic E-state index is 10.8. The normalized spacial score (nSPS) is 44.3. The van der Waals surface area contributed by atoms with Crippen LogP contribution in [0, 0.1) is 0 Å². The third-order valence-corrected chi connectivity index (χ3v) is 3.08. The largest absolute Gasteiger partial charge is 0.379 e. The monoisotopic (exact) mass is 180 g/mol. The van der Waals surface area contributed by atoms with Gasteiger partial charge in [-0.2, -0.15) is 0 Å². The summed E-state index contributed by atoms with van der Waals surface area (Å²) in [5.41, 5.74) is -1.75. The van der Waals surface area contributed by atoms with E-state index in [9.17, 15) is 14.5 Å². The van der Waals surface area contributed by atoms with Crippen LogP contribution in [-0.4, -0.2) is 34.2 Å². The van der Waals surface area contributed by atoms with Gasteiger partial charge in [0, 0.05) is 0 Å². The molecule has 0 aromatic heterocycles. The topological polar surface area (TPSA) is 83.8 Å². The number of aliphatic hydroxyl groups is 1. The van der Waals surface area contributed by atoms with E-state index in [2.05, 4.69) is 4.52 Å². The fourth-order valence-corrected chi connectivity index (χ4v) is 2.32. The van der Waals surface area contributed by atoms with Crippen LogP contribution >= 0.6 is 7.60 Å². The number of carbonyl (C=O) groups is 1. The molecule has 2 N–H and O–H groups in total. The third kappa shape index (κ3) is 1.68. The molecule has 5 nitrogen and oxygen atoms in total. The minimum absolute atomic E-state index is 0.379. The molecule has 1 aliphatic heterocycles. The molecule has 1 unspecified atom stereocenters. The quantitative estimate of drug-likeness (QED) is 0.532. The predicted octanol–water partition coefficient (Wildman–Crippen LogP) is -0.478. The third-order valence-electron chi connectivity index (χ3n) is 1.62. The lowest BCUT2D eigenvalue weighted by atomic mass is 10.0. The Morgan fingerprint density at radius 2 is 2.27 bits per heavy atom. The summed E-state index contributed by atoms with van der Waals surface area (Å²) in [5.74, 6) is -0.538. The van der Waals surface area contributed by atoms with Gasteiger partial charge in [0.2, 0.25) is 0 Å². The molecule has 1 saturated heterocycles. The molecular weight excluding hydrogens is 171 g/mol. The molecule has 0 bridgehead atoms. The van der Waals surface area contributed by atoms with Crippen LogP contribution in [0.25, 0.3) is 0 Å². The lowest BCUT2D eigenvalue weighted by Gasteiger charge is -2.13. The first-order chi connectivity index (χ1) is 4.86. The van der Waals surface area contributed by atoms with Crippen molar-refractivity contribution in [3.05, 3.63) is 0 Å². The van der Waals surface area contributed by atoms with Gasteiger partial charge in [0.1, 0.15) is 0 Å². The van der Waals surface area contributed by atoms with Gasteiger partial charge < -0.3 is 14.5 Å². The molecule has 1 rings (SSSR count). The summed E-state index contributed by atoms with van der Waals surface area (Å²) in [7, 11) is -3.69. The summed E-state index contributed by atoms with van der Waals surface area (Å²) in [6, 6.07) is 0. The van der Waals surface area contributed by atoms with E-state index in [1.165, 1.54) is 0 Å². The van der Waals surface area contributed by atoms with Crippen LogP contribution in [0.5, 0.6) is 0 Å². The number of hydrogen-bond acceptors (Lipinski definition) is 4. The highest BCUT2D eigenvalue weighted by atomic mass is 31.2. The smallest absolute Gasteiger partial charge is 0.331 e. The van der Waals surface area contributed by atoms with E-state index in [1.807, 2.05) is 0 Å². The summed E-state index contributed by atoms with van der Waals surface area (Å²) in [5, 5.41) is 9.30. The van der Waals surface area contributed by atoms with Crippen LogP contribution in [0.4, 0.5) is 0 Å². The van der Waals surface area contributed by atoms with Gasteiger partial charge in [0.05, 0.1) is 12.8 Å². The Balaban J connectivity index is 2.81. The number of Topliss-reactive ketones (excluding diaryl/α,β-unsaturated/α-hetero) is 1. The average Bonchev–Trinajstić information content (AvgIpc) is 2.08. The molecule has 2 atom stereocenters. The van der Waals surface area contributed by atoms with E-state index in [1.54, 1.807) is 0 Å². The summed E-state index contributed by atoms with van der Waals surface area (Å²) in [4.78, 5) is 19.5. The number of rotatable bonds is 1. The van der Waals surface area contributed by atoms with E-state index < -0.39 is 25.1 Å². The molecule has 64 valence electrons. The van der Waals surface area contributed by atoms with Crippen molar-refractivity contribution >= 4 is 13.4 Å². The molecule has 1 fully saturated rings. The highest BCUT2D eigenvalue weighted by molar-refractivity contribution is 7.53. The van der Waals surface area contributed by atoms with Gasteiger partial charge in [-0.05, 0) is 6.92 Å². The Labute approximate surface area is 63.5 Å². The van der Waals surface area contributed by atoms with Crippen LogP contribution in [0.2, 0.25) is 0 Å². The molecule has 0 saturated carbocycles. The van der Waals surface area contributed by atoms with Gasteiger partial charge >= 0.3 is 7.60 Å². The molecule has 1 aliphatic rings. The Bertz CT molecular complexity index is 237. The highest BCUT2D eigenvalue weighted by Crippen LogP contribution is 2.51. The summed E-state index contributed by atoms with van der Waals surface area (Å²) in [6.45, 7) is 0.783. The Hall–Kier alpha value is -0.220. The molecule has 1 heterocycles. The molecule has 11 heavy (non-hydrogen) atoms. The van der Waals surface area contributed by atoms with Gasteiger partial charge in [-0.15, -0.1) is 0 Å². The number of ketones is 1. The Morgan fingerprint density at radius 1 is 1.73 bits per heavy atom. The highest BCUT2D eigenvalue weighted by Gasteiger charge is 2.48. The Kier molecular flexibility index (Phi) is 1.92. The SMILES string of the molecule is CC(=O)[C@@]1(O)COP(=O)(O)C1. The minimum atomic E-state index is -3.69. The zero-order valence-corrected chi connectivity index (χ0v) is 6.88. The molecule has 0 amide bonds. The van der Waals surface area contributed by atoms with Gasteiger partial charge in [-0.25, -0.2) is 0 Å². The van der Waals surface area contributed by atoms with Crippen molar-refractivity contribution in [2.45, 2.75) is 12.5 Å². The van der Waals surface area contributed by atoms with Crippen LogP contribution in [-0.2, 0) is 13.9 Å².